The van der Waals surface area contributed by atoms with Gasteiger partial charge in [-0.2, -0.15) is 0 Å². The molecular formula is C17H20N2O4S. The van der Waals surface area contributed by atoms with E-state index in [1.54, 1.807) is 25.1 Å². The second-order valence-corrected chi connectivity index (χ2v) is 7.07. The number of amides is 1. The molecule has 0 aliphatic rings. The number of nitrogens with one attached hydrogen (secondary N) is 1. The van der Waals surface area contributed by atoms with Gasteiger partial charge in [0.15, 0.2) is 6.61 Å². The molecule has 24 heavy (non-hydrogen) atoms. The molecule has 7 heteroatoms. The smallest absolute Gasteiger partial charge is 0.258 e. The van der Waals surface area contributed by atoms with Crippen LogP contribution in [0.5, 0.6) is 5.75 Å². The molecule has 1 atom stereocenters. The van der Waals surface area contributed by atoms with Crippen LogP contribution in [0.25, 0.3) is 0 Å². The summed E-state index contributed by atoms with van der Waals surface area (Å²) < 4.78 is 28.2. The van der Waals surface area contributed by atoms with Gasteiger partial charge in [0.1, 0.15) is 5.75 Å². The predicted octanol–water partition coefficient (Wildman–Crippen LogP) is 1.90. The molecule has 0 spiro atoms. The summed E-state index contributed by atoms with van der Waals surface area (Å²) in [5.41, 5.74) is 1.69. The van der Waals surface area contributed by atoms with Gasteiger partial charge in [-0.05, 0) is 49.2 Å². The Morgan fingerprint density at radius 2 is 1.92 bits per heavy atom. The number of primary sulfonamides is 1. The van der Waals surface area contributed by atoms with Crippen LogP contribution in [-0.2, 0) is 14.8 Å². The van der Waals surface area contributed by atoms with E-state index in [-0.39, 0.29) is 23.5 Å². The molecule has 2 aromatic carbocycles. The first kappa shape index (κ1) is 18.0. The highest BCUT2D eigenvalue weighted by atomic mass is 32.2. The summed E-state index contributed by atoms with van der Waals surface area (Å²) in [7, 11) is -3.78. The molecule has 0 saturated heterocycles. The first-order chi connectivity index (χ1) is 11.3. The number of rotatable bonds is 6. The van der Waals surface area contributed by atoms with Crippen LogP contribution in [0.4, 0.5) is 0 Å². The van der Waals surface area contributed by atoms with Crippen molar-refractivity contribution in [2.75, 3.05) is 6.61 Å². The highest BCUT2D eigenvalue weighted by Crippen LogP contribution is 2.17. The summed E-state index contributed by atoms with van der Waals surface area (Å²) in [4.78, 5) is 12.0. The molecule has 128 valence electrons. The van der Waals surface area contributed by atoms with Crippen molar-refractivity contribution in [3.63, 3.8) is 0 Å². The maximum absolute atomic E-state index is 12.0. The first-order valence-corrected chi connectivity index (χ1v) is 8.92. The van der Waals surface area contributed by atoms with Crippen molar-refractivity contribution in [1.82, 2.24) is 5.32 Å². The lowest BCUT2D eigenvalue weighted by atomic mass is 10.1. The van der Waals surface area contributed by atoms with Gasteiger partial charge in [-0.15, -0.1) is 0 Å². The molecule has 0 aromatic heterocycles. The summed E-state index contributed by atoms with van der Waals surface area (Å²) >= 11 is 0. The van der Waals surface area contributed by atoms with Gasteiger partial charge < -0.3 is 10.1 Å². The minimum Gasteiger partial charge on any atom is -0.484 e. The van der Waals surface area contributed by atoms with E-state index in [4.69, 9.17) is 9.88 Å². The Morgan fingerprint density at radius 3 is 2.58 bits per heavy atom. The number of benzene rings is 2. The molecule has 0 bridgehead atoms. The molecule has 2 aromatic rings. The predicted molar refractivity (Wildman–Crippen MR) is 91.0 cm³/mol. The minimum absolute atomic E-state index is 0.0112. The molecule has 0 fully saturated rings. The molecule has 2 rings (SSSR count). The summed E-state index contributed by atoms with van der Waals surface area (Å²) in [6.07, 6.45) is 0. The zero-order chi connectivity index (χ0) is 17.7. The lowest BCUT2D eigenvalue weighted by Gasteiger charge is -2.15. The third kappa shape index (κ3) is 5.07. The summed E-state index contributed by atoms with van der Waals surface area (Å²) in [6, 6.07) is 13.2. The molecule has 0 aliphatic heterocycles. The third-order valence-electron chi connectivity index (χ3n) is 3.42. The Morgan fingerprint density at radius 1 is 1.21 bits per heavy atom. The van der Waals surface area contributed by atoms with Crippen LogP contribution in [0, 0.1) is 6.92 Å². The molecule has 0 aliphatic carbocycles. The van der Waals surface area contributed by atoms with Crippen molar-refractivity contribution >= 4 is 15.9 Å². The summed E-state index contributed by atoms with van der Waals surface area (Å²) in [5.74, 6) is 0.319. The first-order valence-electron chi connectivity index (χ1n) is 7.37. The van der Waals surface area contributed by atoms with Crippen LogP contribution in [0.3, 0.4) is 0 Å². The van der Waals surface area contributed by atoms with Crippen LogP contribution < -0.4 is 15.2 Å². The fourth-order valence-corrected chi connectivity index (χ4v) is 2.75. The molecule has 1 unspecified atom stereocenters. The zero-order valence-electron chi connectivity index (χ0n) is 13.5. The number of hydrogen-bond donors (Lipinski definition) is 2. The third-order valence-corrected chi connectivity index (χ3v) is 4.33. The van der Waals surface area contributed by atoms with Crippen LogP contribution in [0.1, 0.15) is 24.1 Å². The molecule has 0 radical (unpaired) electrons. The second-order valence-electron chi connectivity index (χ2n) is 5.51. The lowest BCUT2D eigenvalue weighted by Crippen LogP contribution is -2.31. The Kier molecular flexibility index (Phi) is 5.58. The fraction of sp³-hybridized carbons (Fsp3) is 0.235. The number of hydrogen-bond acceptors (Lipinski definition) is 4. The average molecular weight is 348 g/mol. The van der Waals surface area contributed by atoms with Gasteiger partial charge in [0.2, 0.25) is 10.0 Å². The van der Waals surface area contributed by atoms with E-state index in [0.29, 0.717) is 11.3 Å². The Hall–Kier alpha value is -2.38. The van der Waals surface area contributed by atoms with Crippen molar-refractivity contribution < 1.29 is 17.9 Å². The number of aryl methyl sites for hydroxylation is 1. The zero-order valence-corrected chi connectivity index (χ0v) is 14.3. The van der Waals surface area contributed by atoms with E-state index in [2.05, 4.69) is 5.32 Å². The lowest BCUT2D eigenvalue weighted by molar-refractivity contribution is -0.123. The van der Waals surface area contributed by atoms with Crippen molar-refractivity contribution in [3.05, 3.63) is 59.7 Å². The number of carbonyl (C=O) groups excluding carboxylic acids is 1. The molecule has 0 saturated carbocycles. The van der Waals surface area contributed by atoms with Crippen molar-refractivity contribution in [3.8, 4) is 5.75 Å². The van der Waals surface area contributed by atoms with Crippen LogP contribution in [-0.4, -0.2) is 20.9 Å². The van der Waals surface area contributed by atoms with Gasteiger partial charge in [0.05, 0.1) is 10.9 Å². The molecule has 1 amide bonds. The van der Waals surface area contributed by atoms with E-state index in [1.807, 2.05) is 25.1 Å². The fourth-order valence-electron chi connectivity index (χ4n) is 2.18. The monoisotopic (exact) mass is 348 g/mol. The van der Waals surface area contributed by atoms with Gasteiger partial charge >= 0.3 is 0 Å². The Balaban J connectivity index is 1.96. The van der Waals surface area contributed by atoms with Gasteiger partial charge in [0, 0.05) is 0 Å². The van der Waals surface area contributed by atoms with E-state index < -0.39 is 10.0 Å². The van der Waals surface area contributed by atoms with Gasteiger partial charge in [-0.25, -0.2) is 13.6 Å². The van der Waals surface area contributed by atoms with Crippen LogP contribution >= 0.6 is 0 Å². The summed E-state index contributed by atoms with van der Waals surface area (Å²) in [5, 5.41) is 7.88. The maximum atomic E-state index is 12.0. The van der Waals surface area contributed by atoms with E-state index in [0.717, 1.165) is 5.56 Å². The van der Waals surface area contributed by atoms with Gasteiger partial charge in [-0.1, -0.05) is 24.3 Å². The van der Waals surface area contributed by atoms with E-state index in [9.17, 15) is 13.2 Å². The molecule has 3 N–H and O–H groups in total. The van der Waals surface area contributed by atoms with E-state index >= 15 is 0 Å². The highest BCUT2D eigenvalue weighted by molar-refractivity contribution is 7.89. The Bertz CT molecular complexity index is 834. The number of ether oxygens (including phenoxy) is 1. The quantitative estimate of drug-likeness (QED) is 0.833. The second kappa shape index (κ2) is 7.46. The number of nitrogens with two attached hydrogens (primary N) is 1. The van der Waals surface area contributed by atoms with Gasteiger partial charge in [0.25, 0.3) is 5.91 Å². The standard InChI is InChI=1S/C17H20N2O4S/c1-12-5-3-7-15(9-12)23-11-17(20)19-13(2)14-6-4-8-16(10-14)24(18,21)22/h3-10,13H,11H2,1-2H3,(H,19,20)(H2,18,21,22). The number of carbonyl (C=O) groups is 1. The molecular weight excluding hydrogens is 328 g/mol. The summed E-state index contributed by atoms with van der Waals surface area (Å²) in [6.45, 7) is 3.57. The minimum atomic E-state index is -3.78. The average Bonchev–Trinajstić information content (AvgIpc) is 2.52. The topological polar surface area (TPSA) is 98.5 Å². The van der Waals surface area contributed by atoms with Crippen molar-refractivity contribution in [2.24, 2.45) is 5.14 Å². The maximum Gasteiger partial charge on any atom is 0.258 e. The largest absolute Gasteiger partial charge is 0.484 e. The van der Waals surface area contributed by atoms with Crippen molar-refractivity contribution in [2.45, 2.75) is 24.8 Å². The van der Waals surface area contributed by atoms with E-state index in [1.165, 1.54) is 12.1 Å². The van der Waals surface area contributed by atoms with Crippen molar-refractivity contribution in [1.29, 1.82) is 0 Å². The Labute approximate surface area is 141 Å². The van der Waals surface area contributed by atoms with Crippen LogP contribution in [0.15, 0.2) is 53.4 Å². The normalized spacial score (nSPS) is 12.5. The van der Waals surface area contributed by atoms with Crippen LogP contribution in [0.2, 0.25) is 0 Å². The molecule has 0 heterocycles. The van der Waals surface area contributed by atoms with Gasteiger partial charge in [-0.3, -0.25) is 4.79 Å². The molecule has 6 nitrogen and oxygen atoms in total. The number of sulfonamides is 1. The SMILES string of the molecule is Cc1cccc(OCC(=O)NC(C)c2cccc(S(N)(=O)=O)c2)c1. The highest BCUT2D eigenvalue weighted by Gasteiger charge is 2.13.